The zero-order chi connectivity index (χ0) is 13.6. The molecule has 100 valence electrons. The summed E-state index contributed by atoms with van der Waals surface area (Å²) in [6.07, 6.45) is 3.91. The lowest BCUT2D eigenvalue weighted by Gasteiger charge is -2.39. The number of aliphatic hydroxyl groups is 1. The van der Waals surface area contributed by atoms with Crippen molar-refractivity contribution < 1.29 is 5.11 Å². The molecule has 1 aromatic rings. The van der Waals surface area contributed by atoms with Gasteiger partial charge >= 0.3 is 0 Å². The molecule has 2 aliphatic heterocycles. The van der Waals surface area contributed by atoms with Crippen LogP contribution in [0.1, 0.15) is 47.9 Å². The molecule has 2 saturated heterocycles. The second-order valence-electron chi connectivity index (χ2n) is 6.17. The van der Waals surface area contributed by atoms with Crippen molar-refractivity contribution in [2.45, 2.75) is 57.2 Å². The van der Waals surface area contributed by atoms with Crippen molar-refractivity contribution in [1.82, 2.24) is 5.32 Å². The molecule has 3 heteroatoms. The number of hydrogen-bond donors (Lipinski definition) is 2. The van der Waals surface area contributed by atoms with Crippen LogP contribution in [0.25, 0.3) is 0 Å². The minimum absolute atomic E-state index is 0.443. The van der Waals surface area contributed by atoms with Crippen molar-refractivity contribution in [2.24, 2.45) is 0 Å². The van der Waals surface area contributed by atoms with Gasteiger partial charge < -0.3 is 10.4 Å². The molecule has 0 spiro atoms. The number of piperidine rings is 1. The number of fused-ring (bicyclic) bond motifs is 2. The summed E-state index contributed by atoms with van der Waals surface area (Å²) in [4.78, 5) is 0. The van der Waals surface area contributed by atoms with Gasteiger partial charge in [0.05, 0.1) is 17.2 Å². The fraction of sp³-hybridized carbons (Fsp3) is 0.562. The number of aryl methyl sites for hydroxylation is 2. The van der Waals surface area contributed by atoms with Crippen molar-refractivity contribution in [3.05, 3.63) is 34.4 Å². The summed E-state index contributed by atoms with van der Waals surface area (Å²) in [5.74, 6) is 0. The molecule has 1 aromatic carbocycles. The number of rotatable bonds is 1. The average Bonchev–Trinajstić information content (AvgIpc) is 2.68. The summed E-state index contributed by atoms with van der Waals surface area (Å²) >= 11 is 0. The van der Waals surface area contributed by atoms with Gasteiger partial charge in [-0.1, -0.05) is 0 Å². The molecule has 0 amide bonds. The van der Waals surface area contributed by atoms with E-state index in [4.69, 9.17) is 5.26 Å². The van der Waals surface area contributed by atoms with E-state index >= 15 is 0 Å². The van der Waals surface area contributed by atoms with Crippen LogP contribution in [-0.4, -0.2) is 17.2 Å². The van der Waals surface area contributed by atoms with Gasteiger partial charge in [-0.2, -0.15) is 5.26 Å². The van der Waals surface area contributed by atoms with E-state index in [1.807, 2.05) is 26.0 Å². The smallest absolute Gasteiger partial charge is 0.0991 e. The Morgan fingerprint density at radius 1 is 1.21 bits per heavy atom. The molecule has 2 fully saturated rings. The zero-order valence-corrected chi connectivity index (χ0v) is 11.5. The van der Waals surface area contributed by atoms with Crippen LogP contribution >= 0.6 is 0 Å². The molecular formula is C16H20N2O. The first-order valence-electron chi connectivity index (χ1n) is 7.02. The summed E-state index contributed by atoms with van der Waals surface area (Å²) < 4.78 is 0. The normalized spacial score (nSPS) is 33.2. The zero-order valence-electron chi connectivity index (χ0n) is 11.5. The van der Waals surface area contributed by atoms with Gasteiger partial charge in [0, 0.05) is 12.1 Å². The van der Waals surface area contributed by atoms with E-state index in [0.29, 0.717) is 17.6 Å². The van der Waals surface area contributed by atoms with Gasteiger partial charge in [0.2, 0.25) is 0 Å². The molecular weight excluding hydrogens is 236 g/mol. The minimum atomic E-state index is -0.723. The molecule has 0 aliphatic carbocycles. The van der Waals surface area contributed by atoms with Crippen LogP contribution in [0.15, 0.2) is 12.1 Å². The van der Waals surface area contributed by atoms with Crippen molar-refractivity contribution in [1.29, 1.82) is 5.26 Å². The third kappa shape index (κ3) is 2.05. The van der Waals surface area contributed by atoms with Gasteiger partial charge in [-0.05, 0) is 68.4 Å². The summed E-state index contributed by atoms with van der Waals surface area (Å²) in [5.41, 5.74) is 3.09. The highest BCUT2D eigenvalue weighted by Gasteiger charge is 2.44. The molecule has 3 rings (SSSR count). The molecule has 2 atom stereocenters. The Morgan fingerprint density at radius 2 is 1.74 bits per heavy atom. The second-order valence-corrected chi connectivity index (χ2v) is 6.17. The highest BCUT2D eigenvalue weighted by molar-refractivity contribution is 5.46. The van der Waals surface area contributed by atoms with Crippen LogP contribution in [0.2, 0.25) is 0 Å². The maximum absolute atomic E-state index is 11.1. The van der Waals surface area contributed by atoms with Crippen molar-refractivity contribution in [3.63, 3.8) is 0 Å². The summed E-state index contributed by atoms with van der Waals surface area (Å²) in [6.45, 7) is 4.01. The third-order valence-electron chi connectivity index (χ3n) is 4.63. The molecule has 2 aliphatic rings. The Morgan fingerprint density at radius 3 is 2.21 bits per heavy atom. The fourth-order valence-corrected chi connectivity index (χ4v) is 4.09. The number of nitrogens with zero attached hydrogens (tertiary/aromatic N) is 1. The van der Waals surface area contributed by atoms with Crippen molar-refractivity contribution >= 4 is 0 Å². The van der Waals surface area contributed by atoms with Crippen LogP contribution < -0.4 is 5.32 Å². The molecule has 2 heterocycles. The monoisotopic (exact) mass is 256 g/mol. The van der Waals surface area contributed by atoms with E-state index < -0.39 is 5.60 Å². The van der Waals surface area contributed by atoms with Crippen LogP contribution in [0.4, 0.5) is 0 Å². The fourth-order valence-electron chi connectivity index (χ4n) is 4.09. The van der Waals surface area contributed by atoms with Gasteiger partial charge in [-0.25, -0.2) is 0 Å². The van der Waals surface area contributed by atoms with Gasteiger partial charge in [-0.3, -0.25) is 0 Å². The van der Waals surface area contributed by atoms with Crippen LogP contribution in [-0.2, 0) is 5.60 Å². The Labute approximate surface area is 114 Å². The lowest BCUT2D eigenvalue weighted by molar-refractivity contribution is -0.0125. The lowest BCUT2D eigenvalue weighted by atomic mass is 9.77. The third-order valence-corrected chi connectivity index (χ3v) is 4.63. The SMILES string of the molecule is Cc1cc(C#N)cc(C)c1C1(O)CC2CCC(C1)N2. The molecule has 0 saturated carbocycles. The Balaban J connectivity index is 2.04. The average molecular weight is 256 g/mol. The number of nitriles is 1. The van der Waals surface area contributed by atoms with Crippen molar-refractivity contribution in [3.8, 4) is 6.07 Å². The van der Waals surface area contributed by atoms with E-state index in [1.165, 1.54) is 12.8 Å². The highest BCUT2D eigenvalue weighted by atomic mass is 16.3. The Kier molecular flexibility index (Phi) is 2.88. The lowest BCUT2D eigenvalue weighted by Crippen LogP contribution is -2.47. The van der Waals surface area contributed by atoms with Crippen molar-refractivity contribution in [2.75, 3.05) is 0 Å². The molecule has 0 aromatic heterocycles. The number of benzene rings is 1. The first-order valence-corrected chi connectivity index (χ1v) is 7.02. The molecule has 0 radical (unpaired) electrons. The van der Waals surface area contributed by atoms with E-state index in [2.05, 4.69) is 11.4 Å². The molecule has 2 unspecified atom stereocenters. The van der Waals surface area contributed by atoms with Gasteiger partial charge in [0.15, 0.2) is 0 Å². The maximum atomic E-state index is 11.1. The highest BCUT2D eigenvalue weighted by Crippen LogP contribution is 2.43. The quantitative estimate of drug-likeness (QED) is 0.810. The molecule has 19 heavy (non-hydrogen) atoms. The first-order chi connectivity index (χ1) is 9.01. The van der Waals surface area contributed by atoms with E-state index in [0.717, 1.165) is 29.5 Å². The van der Waals surface area contributed by atoms with E-state index in [9.17, 15) is 5.11 Å². The Bertz CT molecular complexity index is 523. The van der Waals surface area contributed by atoms with E-state index in [-0.39, 0.29) is 0 Å². The largest absolute Gasteiger partial charge is 0.385 e. The topological polar surface area (TPSA) is 56.0 Å². The first kappa shape index (κ1) is 12.7. The maximum Gasteiger partial charge on any atom is 0.0991 e. The Hall–Kier alpha value is -1.37. The minimum Gasteiger partial charge on any atom is -0.385 e. The predicted molar refractivity (Wildman–Crippen MR) is 73.7 cm³/mol. The van der Waals surface area contributed by atoms with Gasteiger partial charge in [-0.15, -0.1) is 0 Å². The van der Waals surface area contributed by atoms with Gasteiger partial charge in [0.25, 0.3) is 0 Å². The standard InChI is InChI=1S/C16H20N2O/c1-10-5-12(9-17)6-11(2)15(10)16(19)7-13-3-4-14(8-16)18-13/h5-6,13-14,18-19H,3-4,7-8H2,1-2H3. The predicted octanol–water partition coefficient (Wildman–Crippen LogP) is 2.28. The second kappa shape index (κ2) is 4.33. The molecule has 2 N–H and O–H groups in total. The van der Waals surface area contributed by atoms with E-state index in [1.54, 1.807) is 0 Å². The molecule has 2 bridgehead atoms. The van der Waals surface area contributed by atoms with Crippen LogP contribution in [0.3, 0.4) is 0 Å². The number of hydrogen-bond acceptors (Lipinski definition) is 3. The molecule has 3 nitrogen and oxygen atoms in total. The van der Waals surface area contributed by atoms with Crippen LogP contribution in [0, 0.1) is 25.2 Å². The summed E-state index contributed by atoms with van der Waals surface area (Å²) in [6, 6.07) is 6.86. The summed E-state index contributed by atoms with van der Waals surface area (Å²) in [7, 11) is 0. The summed E-state index contributed by atoms with van der Waals surface area (Å²) in [5, 5.41) is 23.7. The van der Waals surface area contributed by atoms with Crippen LogP contribution in [0.5, 0.6) is 0 Å². The van der Waals surface area contributed by atoms with Gasteiger partial charge in [0.1, 0.15) is 0 Å². The number of nitrogens with one attached hydrogen (secondary N) is 1.